The maximum atomic E-state index is 2.49. The molecule has 3 rings (SSSR count). The Morgan fingerprint density at radius 3 is 2.47 bits per heavy atom. The second-order valence-corrected chi connectivity index (χ2v) is 7.53. The van der Waals surface area contributed by atoms with Gasteiger partial charge in [0.25, 0.3) is 0 Å². The standard InChI is InChI=1S/C18H23I/c1-18(2)16(11-12-19)14-9-6-10-15(14)17(18)13-7-4-3-5-8-13/h3-5,7-8,11-12,14-17H,6,9-10H2,1-2H3/b12-11+. The number of rotatable bonds is 2. The van der Waals surface area contributed by atoms with Gasteiger partial charge < -0.3 is 0 Å². The highest BCUT2D eigenvalue weighted by molar-refractivity contribution is 14.1. The van der Waals surface area contributed by atoms with Gasteiger partial charge in [0.2, 0.25) is 0 Å². The molecule has 1 heteroatoms. The second kappa shape index (κ2) is 5.23. The Bertz CT molecular complexity index is 460. The average Bonchev–Trinajstić information content (AvgIpc) is 2.92. The Balaban J connectivity index is 2.03. The van der Waals surface area contributed by atoms with Crippen molar-refractivity contribution in [2.24, 2.45) is 23.2 Å². The van der Waals surface area contributed by atoms with E-state index in [0.29, 0.717) is 5.41 Å². The molecule has 4 unspecified atom stereocenters. The highest BCUT2D eigenvalue weighted by Gasteiger charge is 2.55. The maximum Gasteiger partial charge on any atom is -0.00737 e. The summed E-state index contributed by atoms with van der Waals surface area (Å²) in [6.45, 7) is 4.98. The second-order valence-electron chi connectivity index (χ2n) is 6.81. The minimum Gasteiger partial charge on any atom is -0.0745 e. The lowest BCUT2D eigenvalue weighted by atomic mass is 9.70. The van der Waals surface area contributed by atoms with Gasteiger partial charge in [-0.15, -0.1) is 0 Å². The molecule has 0 N–H and O–H groups in total. The molecule has 0 spiro atoms. The van der Waals surface area contributed by atoms with Gasteiger partial charge in [0, 0.05) is 0 Å². The lowest BCUT2D eigenvalue weighted by molar-refractivity contribution is 0.238. The molecule has 0 aromatic heterocycles. The fourth-order valence-corrected chi connectivity index (χ4v) is 5.44. The van der Waals surface area contributed by atoms with E-state index in [1.807, 2.05) is 0 Å². The van der Waals surface area contributed by atoms with Gasteiger partial charge in [-0.25, -0.2) is 0 Å². The first-order valence-corrected chi connectivity index (χ1v) is 8.72. The van der Waals surface area contributed by atoms with Crippen LogP contribution in [-0.4, -0.2) is 0 Å². The van der Waals surface area contributed by atoms with Crippen molar-refractivity contribution in [2.45, 2.75) is 39.0 Å². The van der Waals surface area contributed by atoms with E-state index in [2.05, 4.69) is 76.9 Å². The first-order chi connectivity index (χ1) is 9.16. The molecule has 2 fully saturated rings. The zero-order chi connectivity index (χ0) is 13.5. The molecule has 0 radical (unpaired) electrons. The minimum atomic E-state index is 0.388. The molecule has 1 aromatic carbocycles. The van der Waals surface area contributed by atoms with Crippen molar-refractivity contribution in [1.82, 2.24) is 0 Å². The SMILES string of the molecule is CC1(C)C(/C=C/I)C2CCCC2C1c1ccccc1. The molecule has 102 valence electrons. The van der Waals surface area contributed by atoms with Crippen LogP contribution in [0.4, 0.5) is 0 Å². The number of halogens is 1. The third-order valence-electron chi connectivity index (χ3n) is 5.61. The highest BCUT2D eigenvalue weighted by atomic mass is 127. The fourth-order valence-electron chi connectivity index (χ4n) is 4.99. The van der Waals surface area contributed by atoms with Crippen molar-refractivity contribution in [3.63, 3.8) is 0 Å². The smallest absolute Gasteiger partial charge is 0.00737 e. The largest absolute Gasteiger partial charge is 0.0745 e. The van der Waals surface area contributed by atoms with Gasteiger partial charge in [-0.05, 0) is 51.6 Å². The molecule has 2 aliphatic rings. The number of hydrogen-bond donors (Lipinski definition) is 0. The summed E-state index contributed by atoms with van der Waals surface area (Å²) in [5.74, 6) is 3.29. The van der Waals surface area contributed by atoms with Crippen LogP contribution in [0.15, 0.2) is 40.5 Å². The summed E-state index contributed by atoms with van der Waals surface area (Å²) < 4.78 is 2.24. The van der Waals surface area contributed by atoms with E-state index >= 15 is 0 Å². The van der Waals surface area contributed by atoms with E-state index in [4.69, 9.17) is 0 Å². The van der Waals surface area contributed by atoms with Crippen LogP contribution in [-0.2, 0) is 0 Å². The summed E-state index contributed by atoms with van der Waals surface area (Å²) in [6, 6.07) is 11.2. The molecule has 0 bridgehead atoms. The average molecular weight is 366 g/mol. The van der Waals surface area contributed by atoms with Crippen molar-refractivity contribution in [3.8, 4) is 0 Å². The summed E-state index contributed by atoms with van der Waals surface area (Å²) in [4.78, 5) is 0. The Labute approximate surface area is 130 Å². The first kappa shape index (κ1) is 13.7. The van der Waals surface area contributed by atoms with Gasteiger partial charge in [0.05, 0.1) is 0 Å². The van der Waals surface area contributed by atoms with Gasteiger partial charge in [0.15, 0.2) is 0 Å². The summed E-state index contributed by atoms with van der Waals surface area (Å²) in [5.41, 5.74) is 1.95. The molecule has 0 heterocycles. The van der Waals surface area contributed by atoms with Crippen molar-refractivity contribution in [1.29, 1.82) is 0 Å². The van der Waals surface area contributed by atoms with E-state index < -0.39 is 0 Å². The van der Waals surface area contributed by atoms with Crippen molar-refractivity contribution in [2.75, 3.05) is 0 Å². The Kier molecular flexibility index (Phi) is 3.76. The third-order valence-corrected chi connectivity index (χ3v) is 6.03. The van der Waals surface area contributed by atoms with Crippen LogP contribution in [0.2, 0.25) is 0 Å². The van der Waals surface area contributed by atoms with Crippen LogP contribution in [0.1, 0.15) is 44.6 Å². The molecule has 2 aliphatic carbocycles. The number of fused-ring (bicyclic) bond motifs is 1. The van der Waals surface area contributed by atoms with Gasteiger partial charge in [-0.3, -0.25) is 0 Å². The quantitative estimate of drug-likeness (QED) is 0.581. The van der Waals surface area contributed by atoms with Crippen LogP contribution in [0.3, 0.4) is 0 Å². The van der Waals surface area contributed by atoms with E-state index in [0.717, 1.165) is 23.7 Å². The molecule has 1 aromatic rings. The molecule has 0 saturated heterocycles. The van der Waals surface area contributed by atoms with E-state index in [1.165, 1.54) is 19.3 Å². The first-order valence-electron chi connectivity index (χ1n) is 7.48. The van der Waals surface area contributed by atoms with Crippen LogP contribution in [0, 0.1) is 23.2 Å². The molecule has 0 aliphatic heterocycles. The predicted molar refractivity (Wildman–Crippen MR) is 90.4 cm³/mol. The highest BCUT2D eigenvalue weighted by Crippen LogP contribution is 2.64. The van der Waals surface area contributed by atoms with Gasteiger partial charge in [-0.2, -0.15) is 0 Å². The Morgan fingerprint density at radius 1 is 1.11 bits per heavy atom. The maximum absolute atomic E-state index is 2.49. The molecule has 2 saturated carbocycles. The van der Waals surface area contributed by atoms with Crippen LogP contribution in [0.25, 0.3) is 0 Å². The predicted octanol–water partition coefficient (Wildman–Crippen LogP) is 5.79. The van der Waals surface area contributed by atoms with E-state index in [9.17, 15) is 0 Å². The van der Waals surface area contributed by atoms with E-state index in [1.54, 1.807) is 5.56 Å². The normalized spacial score (nSPS) is 36.8. The summed E-state index contributed by atoms with van der Waals surface area (Å²) in [6.07, 6.45) is 6.77. The van der Waals surface area contributed by atoms with Gasteiger partial charge >= 0.3 is 0 Å². The molecular weight excluding hydrogens is 343 g/mol. The molecule has 4 atom stereocenters. The summed E-state index contributed by atoms with van der Waals surface area (Å²) >= 11 is 2.39. The molecule has 19 heavy (non-hydrogen) atoms. The molecule has 0 amide bonds. The molecule has 0 nitrogen and oxygen atoms in total. The topological polar surface area (TPSA) is 0 Å². The zero-order valence-corrected chi connectivity index (χ0v) is 14.0. The minimum absolute atomic E-state index is 0.388. The van der Waals surface area contributed by atoms with Crippen LogP contribution < -0.4 is 0 Å². The third kappa shape index (κ3) is 2.18. The van der Waals surface area contributed by atoms with Gasteiger partial charge in [0.1, 0.15) is 0 Å². The van der Waals surface area contributed by atoms with Crippen molar-refractivity contribution in [3.05, 3.63) is 46.1 Å². The van der Waals surface area contributed by atoms with Gasteiger partial charge in [-0.1, -0.05) is 79.3 Å². The fraction of sp³-hybridized carbons (Fsp3) is 0.556. The van der Waals surface area contributed by atoms with Crippen LogP contribution >= 0.6 is 22.6 Å². The number of benzene rings is 1. The Hall–Kier alpha value is -0.310. The van der Waals surface area contributed by atoms with Crippen LogP contribution in [0.5, 0.6) is 0 Å². The summed E-state index contributed by atoms with van der Waals surface area (Å²) in [5, 5.41) is 0. The van der Waals surface area contributed by atoms with Crippen molar-refractivity contribution < 1.29 is 0 Å². The summed E-state index contributed by atoms with van der Waals surface area (Å²) in [7, 11) is 0. The zero-order valence-electron chi connectivity index (χ0n) is 11.9. The monoisotopic (exact) mass is 366 g/mol. The Morgan fingerprint density at radius 2 is 1.79 bits per heavy atom. The lowest BCUT2D eigenvalue weighted by Gasteiger charge is -2.34. The van der Waals surface area contributed by atoms with Crippen molar-refractivity contribution >= 4 is 22.6 Å². The number of hydrogen-bond acceptors (Lipinski definition) is 0. The van der Waals surface area contributed by atoms with E-state index in [-0.39, 0.29) is 0 Å². The molecular formula is C18H23I. The lowest BCUT2D eigenvalue weighted by Crippen LogP contribution is -2.25. The number of allylic oxidation sites excluding steroid dienone is 1.